The Morgan fingerprint density at radius 2 is 2.29 bits per heavy atom. The molecular formula is C10H8N4. The highest BCUT2D eigenvalue weighted by molar-refractivity contribution is 5.56. The van der Waals surface area contributed by atoms with Gasteiger partial charge in [-0.1, -0.05) is 0 Å². The predicted octanol–water partition coefficient (Wildman–Crippen LogP) is 1.33. The van der Waals surface area contributed by atoms with Crippen molar-refractivity contribution in [2.45, 2.75) is 0 Å². The molecule has 2 rings (SSSR count). The molecule has 2 N–H and O–H groups in total. The number of hydrogen-bond acceptors (Lipinski definition) is 3. The van der Waals surface area contributed by atoms with Crippen molar-refractivity contribution in [3.8, 4) is 11.8 Å². The fourth-order valence-electron chi connectivity index (χ4n) is 1.27. The van der Waals surface area contributed by atoms with Crippen molar-refractivity contribution in [3.63, 3.8) is 0 Å². The van der Waals surface area contributed by atoms with Gasteiger partial charge in [-0.25, -0.2) is 4.98 Å². The summed E-state index contributed by atoms with van der Waals surface area (Å²) in [5.41, 5.74) is 7.50. The Morgan fingerprint density at radius 1 is 1.43 bits per heavy atom. The minimum atomic E-state index is 0.544. The van der Waals surface area contributed by atoms with Gasteiger partial charge in [-0.3, -0.25) is 0 Å². The maximum Gasteiger partial charge on any atom is 0.101 e. The van der Waals surface area contributed by atoms with Crippen LogP contribution in [0.5, 0.6) is 0 Å². The van der Waals surface area contributed by atoms with E-state index in [1.54, 1.807) is 41.5 Å². The average molecular weight is 184 g/mol. The molecule has 68 valence electrons. The van der Waals surface area contributed by atoms with Crippen LogP contribution >= 0.6 is 0 Å². The van der Waals surface area contributed by atoms with E-state index >= 15 is 0 Å². The van der Waals surface area contributed by atoms with E-state index in [0.29, 0.717) is 11.3 Å². The third-order valence-electron chi connectivity index (χ3n) is 1.92. The molecule has 0 saturated carbocycles. The maximum absolute atomic E-state index is 8.90. The number of benzene rings is 1. The number of hydrogen-bond donors (Lipinski definition) is 1. The molecule has 0 aliphatic carbocycles. The molecule has 1 aromatic carbocycles. The van der Waals surface area contributed by atoms with Gasteiger partial charge >= 0.3 is 0 Å². The minimum absolute atomic E-state index is 0.544. The lowest BCUT2D eigenvalue weighted by Crippen LogP contribution is -1.96. The van der Waals surface area contributed by atoms with Crippen molar-refractivity contribution in [2.75, 3.05) is 5.73 Å². The summed E-state index contributed by atoms with van der Waals surface area (Å²) in [4.78, 5) is 3.92. The lowest BCUT2D eigenvalue weighted by Gasteiger charge is -2.04. The van der Waals surface area contributed by atoms with Crippen LogP contribution in [0.1, 0.15) is 5.56 Å². The molecule has 0 amide bonds. The number of rotatable bonds is 1. The molecule has 0 bridgehead atoms. The molecule has 0 spiro atoms. The predicted molar refractivity (Wildman–Crippen MR) is 52.7 cm³/mol. The van der Waals surface area contributed by atoms with Gasteiger partial charge in [0.15, 0.2) is 0 Å². The van der Waals surface area contributed by atoms with Gasteiger partial charge in [-0.15, -0.1) is 0 Å². The van der Waals surface area contributed by atoms with Crippen LogP contribution in [0.25, 0.3) is 5.69 Å². The molecule has 1 heterocycles. The van der Waals surface area contributed by atoms with Gasteiger partial charge < -0.3 is 10.3 Å². The zero-order chi connectivity index (χ0) is 9.97. The molecule has 0 unspecified atom stereocenters. The van der Waals surface area contributed by atoms with E-state index in [-0.39, 0.29) is 0 Å². The van der Waals surface area contributed by atoms with Crippen LogP contribution in [-0.2, 0) is 0 Å². The zero-order valence-electron chi connectivity index (χ0n) is 7.38. The smallest absolute Gasteiger partial charge is 0.101 e. The first kappa shape index (κ1) is 8.32. The van der Waals surface area contributed by atoms with Gasteiger partial charge in [0.05, 0.1) is 17.6 Å². The second kappa shape index (κ2) is 3.23. The zero-order valence-corrected chi connectivity index (χ0v) is 7.38. The molecule has 0 atom stereocenters. The number of nitrogen functional groups attached to an aromatic ring is 1. The van der Waals surface area contributed by atoms with Gasteiger partial charge in [0, 0.05) is 18.1 Å². The van der Waals surface area contributed by atoms with Crippen molar-refractivity contribution >= 4 is 5.69 Å². The van der Waals surface area contributed by atoms with Crippen molar-refractivity contribution in [1.29, 1.82) is 5.26 Å². The molecule has 0 saturated heterocycles. The summed E-state index contributed by atoms with van der Waals surface area (Å²) >= 11 is 0. The molecule has 0 radical (unpaired) electrons. The summed E-state index contributed by atoms with van der Waals surface area (Å²) in [6.45, 7) is 0. The SMILES string of the molecule is N#Cc1cc(N)ccc1-n1ccnc1. The highest BCUT2D eigenvalue weighted by atomic mass is 15.0. The Labute approximate surface area is 81.2 Å². The standard InChI is InChI=1S/C10H8N4/c11-6-8-5-9(12)1-2-10(8)14-4-3-13-7-14/h1-5,7H,12H2. The fraction of sp³-hybridized carbons (Fsp3) is 0. The molecule has 14 heavy (non-hydrogen) atoms. The Balaban J connectivity index is 2.60. The van der Waals surface area contributed by atoms with Crippen LogP contribution in [0.15, 0.2) is 36.9 Å². The first-order valence-electron chi connectivity index (χ1n) is 4.09. The van der Waals surface area contributed by atoms with Crippen molar-refractivity contribution in [3.05, 3.63) is 42.5 Å². The summed E-state index contributed by atoms with van der Waals surface area (Å²) in [6, 6.07) is 7.31. The Hall–Kier alpha value is -2.28. The Kier molecular flexibility index (Phi) is 1.92. The van der Waals surface area contributed by atoms with E-state index in [4.69, 9.17) is 11.0 Å². The average Bonchev–Trinajstić information content (AvgIpc) is 2.70. The number of nitriles is 1. The third kappa shape index (κ3) is 1.31. The van der Waals surface area contributed by atoms with Crippen LogP contribution in [0.3, 0.4) is 0 Å². The van der Waals surface area contributed by atoms with Gasteiger partial charge in [-0.2, -0.15) is 5.26 Å². The highest BCUT2D eigenvalue weighted by Crippen LogP contribution is 2.16. The van der Waals surface area contributed by atoms with E-state index in [9.17, 15) is 0 Å². The van der Waals surface area contributed by atoms with Crippen molar-refractivity contribution < 1.29 is 0 Å². The second-order valence-corrected chi connectivity index (χ2v) is 2.86. The fourth-order valence-corrected chi connectivity index (χ4v) is 1.27. The lowest BCUT2D eigenvalue weighted by atomic mass is 10.2. The quantitative estimate of drug-likeness (QED) is 0.680. The molecule has 0 fully saturated rings. The van der Waals surface area contributed by atoms with Crippen LogP contribution in [0.2, 0.25) is 0 Å². The summed E-state index contributed by atoms with van der Waals surface area (Å²) in [7, 11) is 0. The van der Waals surface area contributed by atoms with E-state index in [1.807, 2.05) is 0 Å². The van der Waals surface area contributed by atoms with Gasteiger partial charge in [0.2, 0.25) is 0 Å². The van der Waals surface area contributed by atoms with Crippen LogP contribution in [-0.4, -0.2) is 9.55 Å². The molecule has 0 aliphatic rings. The van der Waals surface area contributed by atoms with Crippen LogP contribution < -0.4 is 5.73 Å². The Bertz CT molecular complexity index is 479. The molecule has 1 aromatic heterocycles. The number of imidazole rings is 1. The summed E-state index contributed by atoms with van der Waals surface area (Å²) in [5, 5.41) is 8.90. The second-order valence-electron chi connectivity index (χ2n) is 2.86. The van der Waals surface area contributed by atoms with Gasteiger partial charge in [0.25, 0.3) is 0 Å². The van der Waals surface area contributed by atoms with Crippen LogP contribution in [0.4, 0.5) is 5.69 Å². The highest BCUT2D eigenvalue weighted by Gasteiger charge is 2.03. The van der Waals surface area contributed by atoms with E-state index in [2.05, 4.69) is 11.1 Å². The molecule has 2 aromatic rings. The van der Waals surface area contributed by atoms with Crippen molar-refractivity contribution in [2.24, 2.45) is 0 Å². The number of nitrogens with two attached hydrogens (primary N) is 1. The van der Waals surface area contributed by atoms with E-state index in [1.165, 1.54) is 0 Å². The largest absolute Gasteiger partial charge is 0.399 e. The van der Waals surface area contributed by atoms with E-state index in [0.717, 1.165) is 5.69 Å². The topological polar surface area (TPSA) is 67.6 Å². The summed E-state index contributed by atoms with van der Waals surface area (Å²) < 4.78 is 1.78. The molecule has 4 heteroatoms. The lowest BCUT2D eigenvalue weighted by molar-refractivity contribution is 1.05. The number of nitrogens with zero attached hydrogens (tertiary/aromatic N) is 3. The van der Waals surface area contributed by atoms with Gasteiger partial charge in [0.1, 0.15) is 6.07 Å². The third-order valence-corrected chi connectivity index (χ3v) is 1.92. The maximum atomic E-state index is 8.90. The minimum Gasteiger partial charge on any atom is -0.399 e. The van der Waals surface area contributed by atoms with Crippen LogP contribution in [0, 0.1) is 11.3 Å². The number of aromatic nitrogens is 2. The first-order valence-corrected chi connectivity index (χ1v) is 4.09. The van der Waals surface area contributed by atoms with E-state index < -0.39 is 0 Å². The molecule has 4 nitrogen and oxygen atoms in total. The monoisotopic (exact) mass is 184 g/mol. The normalized spacial score (nSPS) is 9.64. The summed E-state index contributed by atoms with van der Waals surface area (Å²) in [5.74, 6) is 0. The van der Waals surface area contributed by atoms with Gasteiger partial charge in [-0.05, 0) is 18.2 Å². The molecular weight excluding hydrogens is 176 g/mol. The molecule has 0 aliphatic heterocycles. The van der Waals surface area contributed by atoms with Crippen molar-refractivity contribution in [1.82, 2.24) is 9.55 Å². The Morgan fingerprint density at radius 3 is 2.93 bits per heavy atom. The summed E-state index contributed by atoms with van der Waals surface area (Å²) in [6.07, 6.45) is 5.09. The number of anilines is 1. The first-order chi connectivity index (χ1) is 6.81.